The predicted octanol–water partition coefficient (Wildman–Crippen LogP) is 6.19. The van der Waals surface area contributed by atoms with E-state index in [1.165, 1.54) is 11.8 Å². The monoisotopic (exact) mass is 499 g/mol. The highest BCUT2D eigenvalue weighted by molar-refractivity contribution is 8.27. The summed E-state index contributed by atoms with van der Waals surface area (Å²) in [6.07, 6.45) is 4.03. The standard InChI is InChI=1S/C28H25N3O2S2/c1-29(2)21-12-14-22(15-13-21)31-27(32)26(35-28(31)34)18-20-19-30(25-11-7-6-10-24(20)25)16-17-33-23-8-4-3-5-9-23/h3-15,18-19H,16-17H2,1-2H3/b26-18-. The highest BCUT2D eigenvalue weighted by Gasteiger charge is 2.33. The predicted molar refractivity (Wildman–Crippen MR) is 150 cm³/mol. The van der Waals surface area contributed by atoms with Gasteiger partial charge in [0.1, 0.15) is 12.4 Å². The van der Waals surface area contributed by atoms with Crippen LogP contribution in [0.3, 0.4) is 0 Å². The summed E-state index contributed by atoms with van der Waals surface area (Å²) in [6.45, 7) is 1.25. The molecule has 0 saturated carbocycles. The number of amides is 1. The lowest BCUT2D eigenvalue weighted by atomic mass is 10.1. The first kappa shape index (κ1) is 23.2. The summed E-state index contributed by atoms with van der Waals surface area (Å²) >= 11 is 6.92. The summed E-state index contributed by atoms with van der Waals surface area (Å²) in [5.74, 6) is 0.758. The van der Waals surface area contributed by atoms with Crippen molar-refractivity contribution in [2.45, 2.75) is 6.54 Å². The lowest BCUT2D eigenvalue weighted by molar-refractivity contribution is -0.113. The second kappa shape index (κ2) is 9.98. The maximum Gasteiger partial charge on any atom is 0.270 e. The second-order valence-corrected chi connectivity index (χ2v) is 10.1. The largest absolute Gasteiger partial charge is 0.492 e. The normalized spacial score (nSPS) is 14.8. The van der Waals surface area contributed by atoms with Gasteiger partial charge in [0.2, 0.25) is 0 Å². The van der Waals surface area contributed by atoms with Gasteiger partial charge < -0.3 is 14.2 Å². The number of rotatable bonds is 7. The van der Waals surface area contributed by atoms with Crippen LogP contribution in [-0.2, 0) is 11.3 Å². The third-order valence-corrected chi connectivity index (χ3v) is 7.17. The van der Waals surface area contributed by atoms with Crippen molar-refractivity contribution in [3.8, 4) is 5.75 Å². The number of hydrogen-bond donors (Lipinski definition) is 0. The molecule has 176 valence electrons. The van der Waals surface area contributed by atoms with Gasteiger partial charge in [0.25, 0.3) is 5.91 Å². The van der Waals surface area contributed by atoms with Gasteiger partial charge in [-0.3, -0.25) is 9.69 Å². The van der Waals surface area contributed by atoms with E-state index in [1.807, 2.05) is 91.8 Å². The first-order valence-electron chi connectivity index (χ1n) is 11.3. The van der Waals surface area contributed by atoms with E-state index < -0.39 is 0 Å². The zero-order chi connectivity index (χ0) is 24.4. The number of ether oxygens (including phenoxy) is 1. The summed E-state index contributed by atoms with van der Waals surface area (Å²) in [4.78, 5) is 17.6. The quantitative estimate of drug-likeness (QED) is 0.224. The molecule has 0 atom stereocenters. The van der Waals surface area contributed by atoms with Gasteiger partial charge in [-0.2, -0.15) is 0 Å². The molecular formula is C28H25N3O2S2. The minimum absolute atomic E-state index is 0.0955. The van der Waals surface area contributed by atoms with E-state index in [0.717, 1.165) is 33.6 Å². The Bertz CT molecular complexity index is 1410. The first-order chi connectivity index (χ1) is 17.0. The molecule has 0 aliphatic carbocycles. The molecule has 35 heavy (non-hydrogen) atoms. The van der Waals surface area contributed by atoms with Crippen LogP contribution in [0.4, 0.5) is 11.4 Å². The topological polar surface area (TPSA) is 37.7 Å². The van der Waals surface area contributed by atoms with E-state index in [4.69, 9.17) is 17.0 Å². The Morgan fingerprint density at radius 2 is 1.69 bits per heavy atom. The zero-order valence-corrected chi connectivity index (χ0v) is 21.2. The van der Waals surface area contributed by atoms with Crippen molar-refractivity contribution in [3.05, 3.63) is 95.5 Å². The summed E-state index contributed by atoms with van der Waals surface area (Å²) in [6, 6.07) is 25.9. The van der Waals surface area contributed by atoms with Gasteiger partial charge in [-0.1, -0.05) is 60.4 Å². The van der Waals surface area contributed by atoms with Crippen LogP contribution in [0.15, 0.2) is 90.0 Å². The summed E-state index contributed by atoms with van der Waals surface area (Å²) < 4.78 is 8.61. The molecule has 2 heterocycles. The van der Waals surface area contributed by atoms with Crippen LogP contribution in [0.1, 0.15) is 5.56 Å². The van der Waals surface area contributed by atoms with Gasteiger partial charge in [-0.15, -0.1) is 0 Å². The van der Waals surface area contributed by atoms with E-state index in [2.05, 4.69) is 22.9 Å². The number of fused-ring (bicyclic) bond motifs is 1. The molecule has 0 spiro atoms. The SMILES string of the molecule is CN(C)c1ccc(N2C(=O)/C(=C/c3cn(CCOc4ccccc4)c4ccccc34)SC2=S)cc1. The van der Waals surface area contributed by atoms with Crippen molar-refractivity contribution in [2.75, 3.05) is 30.5 Å². The smallest absolute Gasteiger partial charge is 0.270 e. The fourth-order valence-corrected chi connectivity index (χ4v) is 5.38. The summed E-state index contributed by atoms with van der Waals surface area (Å²) in [5.41, 5.74) is 3.94. The number of carbonyl (C=O) groups is 1. The maximum absolute atomic E-state index is 13.3. The fraction of sp³-hybridized carbons (Fsp3) is 0.143. The van der Waals surface area contributed by atoms with Gasteiger partial charge in [0.05, 0.1) is 17.1 Å². The van der Waals surface area contributed by atoms with Gasteiger partial charge in [0.15, 0.2) is 4.32 Å². The first-order valence-corrected chi connectivity index (χ1v) is 12.5. The van der Waals surface area contributed by atoms with Crippen molar-refractivity contribution < 1.29 is 9.53 Å². The van der Waals surface area contributed by atoms with Crippen LogP contribution in [0.2, 0.25) is 0 Å². The Morgan fingerprint density at radius 3 is 2.43 bits per heavy atom. The molecule has 0 N–H and O–H groups in total. The minimum Gasteiger partial charge on any atom is -0.492 e. The Balaban J connectivity index is 1.39. The molecule has 5 rings (SSSR count). The van der Waals surface area contributed by atoms with Crippen LogP contribution in [0, 0.1) is 0 Å². The molecule has 5 nitrogen and oxygen atoms in total. The number of para-hydroxylation sites is 2. The van der Waals surface area contributed by atoms with E-state index in [9.17, 15) is 4.79 Å². The fourth-order valence-electron chi connectivity index (χ4n) is 4.09. The zero-order valence-electron chi connectivity index (χ0n) is 19.5. The third kappa shape index (κ3) is 4.83. The Labute approximate surface area is 214 Å². The van der Waals surface area contributed by atoms with Crippen LogP contribution >= 0.6 is 24.0 Å². The van der Waals surface area contributed by atoms with Crippen LogP contribution in [0.5, 0.6) is 5.75 Å². The molecule has 1 aromatic heterocycles. The van der Waals surface area contributed by atoms with E-state index in [1.54, 1.807) is 4.90 Å². The third-order valence-electron chi connectivity index (χ3n) is 5.87. The Kier molecular flexibility index (Phi) is 6.61. The molecule has 0 bridgehead atoms. The Morgan fingerprint density at radius 1 is 0.971 bits per heavy atom. The molecule has 4 aromatic rings. The number of carbonyl (C=O) groups excluding carboxylic acids is 1. The molecule has 1 saturated heterocycles. The number of aromatic nitrogens is 1. The van der Waals surface area contributed by atoms with Crippen LogP contribution in [0.25, 0.3) is 17.0 Å². The number of nitrogens with zero attached hydrogens (tertiary/aromatic N) is 3. The molecule has 3 aromatic carbocycles. The van der Waals surface area contributed by atoms with Crippen molar-refractivity contribution in [3.63, 3.8) is 0 Å². The molecule has 1 fully saturated rings. The molecule has 0 radical (unpaired) electrons. The van der Waals surface area contributed by atoms with E-state index in [-0.39, 0.29) is 5.91 Å². The average molecular weight is 500 g/mol. The van der Waals surface area contributed by atoms with Gasteiger partial charge in [-0.25, -0.2) is 0 Å². The number of hydrogen-bond acceptors (Lipinski definition) is 5. The Hall–Kier alpha value is -3.55. The van der Waals surface area contributed by atoms with Crippen molar-refractivity contribution in [1.29, 1.82) is 0 Å². The second-order valence-electron chi connectivity index (χ2n) is 8.38. The van der Waals surface area contributed by atoms with Gasteiger partial charge in [-0.05, 0) is 48.5 Å². The maximum atomic E-state index is 13.3. The molecule has 7 heteroatoms. The molecule has 1 aliphatic rings. The lowest BCUT2D eigenvalue weighted by Gasteiger charge is -2.17. The highest BCUT2D eigenvalue weighted by atomic mass is 32.2. The van der Waals surface area contributed by atoms with Crippen molar-refractivity contribution in [2.24, 2.45) is 0 Å². The number of thioether (sulfide) groups is 1. The van der Waals surface area contributed by atoms with Crippen LogP contribution in [-0.4, -0.2) is 35.5 Å². The number of thiocarbonyl (C=S) groups is 1. The van der Waals surface area contributed by atoms with Crippen molar-refractivity contribution >= 4 is 62.6 Å². The number of anilines is 2. The summed E-state index contributed by atoms with van der Waals surface area (Å²) in [5, 5.41) is 1.09. The lowest BCUT2D eigenvalue weighted by Crippen LogP contribution is -2.27. The molecule has 1 aliphatic heterocycles. The van der Waals surface area contributed by atoms with Gasteiger partial charge >= 0.3 is 0 Å². The molecular weight excluding hydrogens is 474 g/mol. The van der Waals surface area contributed by atoms with E-state index >= 15 is 0 Å². The summed E-state index contributed by atoms with van der Waals surface area (Å²) in [7, 11) is 3.98. The van der Waals surface area contributed by atoms with Gasteiger partial charge in [0, 0.05) is 42.4 Å². The minimum atomic E-state index is -0.0955. The highest BCUT2D eigenvalue weighted by Crippen LogP contribution is 2.37. The number of benzene rings is 3. The molecule has 0 unspecified atom stereocenters. The van der Waals surface area contributed by atoms with E-state index in [0.29, 0.717) is 22.4 Å². The van der Waals surface area contributed by atoms with Crippen molar-refractivity contribution in [1.82, 2.24) is 4.57 Å². The van der Waals surface area contributed by atoms with Crippen LogP contribution < -0.4 is 14.5 Å². The average Bonchev–Trinajstić information content (AvgIpc) is 3.36. The molecule has 1 amide bonds.